The molecule has 29 heavy (non-hydrogen) atoms. The average Bonchev–Trinajstić information content (AvgIpc) is 3.42. The summed E-state index contributed by atoms with van der Waals surface area (Å²) in [5.74, 6) is 1.33. The van der Waals surface area contributed by atoms with Gasteiger partial charge in [0.2, 0.25) is 6.79 Å². The SMILES string of the molecule is Fc1ccccc1CCNCc1cc2cc3c(cc2nc1-c1ccsc1)OCO3. The first-order valence-electron chi connectivity index (χ1n) is 9.48. The number of rotatable bonds is 6. The van der Waals surface area contributed by atoms with Crippen molar-refractivity contribution in [3.05, 3.63) is 76.2 Å². The van der Waals surface area contributed by atoms with Gasteiger partial charge in [0.1, 0.15) is 5.82 Å². The molecule has 0 atom stereocenters. The number of benzene rings is 2. The minimum Gasteiger partial charge on any atom is -0.454 e. The lowest BCUT2D eigenvalue weighted by Gasteiger charge is -2.12. The molecule has 0 amide bonds. The molecule has 6 heteroatoms. The molecule has 0 spiro atoms. The Bertz CT molecular complexity index is 1160. The number of thiophene rings is 1. The zero-order chi connectivity index (χ0) is 19.6. The number of halogens is 1. The maximum atomic E-state index is 13.8. The smallest absolute Gasteiger partial charge is 0.231 e. The van der Waals surface area contributed by atoms with Gasteiger partial charge in [-0.15, -0.1) is 0 Å². The van der Waals surface area contributed by atoms with Crippen molar-refractivity contribution in [1.82, 2.24) is 10.3 Å². The van der Waals surface area contributed by atoms with Crippen LogP contribution in [0.1, 0.15) is 11.1 Å². The van der Waals surface area contributed by atoms with Gasteiger partial charge in [0.25, 0.3) is 0 Å². The van der Waals surface area contributed by atoms with Crippen molar-refractivity contribution in [2.45, 2.75) is 13.0 Å². The Hall–Kier alpha value is -2.96. The van der Waals surface area contributed by atoms with E-state index in [1.807, 2.05) is 24.3 Å². The molecular formula is C23H19FN2O2S. The molecule has 4 nitrogen and oxygen atoms in total. The molecule has 0 unspecified atom stereocenters. The number of fused-ring (bicyclic) bond motifs is 2. The van der Waals surface area contributed by atoms with Crippen LogP contribution >= 0.6 is 11.3 Å². The Labute approximate surface area is 171 Å². The van der Waals surface area contributed by atoms with Crippen LogP contribution in [-0.2, 0) is 13.0 Å². The third-order valence-corrected chi connectivity index (χ3v) is 5.71. The maximum Gasteiger partial charge on any atom is 0.231 e. The van der Waals surface area contributed by atoms with Crippen LogP contribution in [0.3, 0.4) is 0 Å². The van der Waals surface area contributed by atoms with Gasteiger partial charge >= 0.3 is 0 Å². The largest absolute Gasteiger partial charge is 0.454 e. The van der Waals surface area contributed by atoms with Crippen molar-refractivity contribution in [2.24, 2.45) is 0 Å². The van der Waals surface area contributed by atoms with Crippen LogP contribution in [0.5, 0.6) is 11.5 Å². The molecule has 1 aliphatic heterocycles. The van der Waals surface area contributed by atoms with Gasteiger partial charge in [-0.25, -0.2) is 9.37 Å². The summed E-state index contributed by atoms with van der Waals surface area (Å²) >= 11 is 1.65. The molecule has 1 aliphatic rings. The molecule has 0 saturated carbocycles. The Morgan fingerprint density at radius 1 is 1.03 bits per heavy atom. The summed E-state index contributed by atoms with van der Waals surface area (Å²) in [7, 11) is 0. The van der Waals surface area contributed by atoms with Crippen LogP contribution in [0.4, 0.5) is 4.39 Å². The van der Waals surface area contributed by atoms with Gasteiger partial charge in [-0.1, -0.05) is 18.2 Å². The van der Waals surface area contributed by atoms with Crippen LogP contribution < -0.4 is 14.8 Å². The number of hydrogen-bond donors (Lipinski definition) is 1. The predicted octanol–water partition coefficient (Wildman–Crippen LogP) is 5.16. The lowest BCUT2D eigenvalue weighted by molar-refractivity contribution is 0.174. The second-order valence-electron chi connectivity index (χ2n) is 6.92. The fourth-order valence-corrected chi connectivity index (χ4v) is 4.18. The number of nitrogens with zero attached hydrogens (tertiary/aromatic N) is 1. The summed E-state index contributed by atoms with van der Waals surface area (Å²) in [5.41, 5.74) is 4.76. The molecular weight excluding hydrogens is 387 g/mol. The standard InChI is InChI=1S/C23H19FN2O2S/c24-19-4-2-1-3-15(19)5-7-25-12-18-9-17-10-21-22(28-14-27-21)11-20(17)26-23(18)16-6-8-29-13-16/h1-4,6,8-11,13,25H,5,7,12,14H2. The molecule has 0 saturated heterocycles. The molecule has 2 aromatic heterocycles. The van der Waals surface area contributed by atoms with E-state index in [0.717, 1.165) is 44.8 Å². The first-order valence-corrected chi connectivity index (χ1v) is 10.4. The zero-order valence-corrected chi connectivity index (χ0v) is 16.5. The third-order valence-electron chi connectivity index (χ3n) is 5.03. The van der Waals surface area contributed by atoms with E-state index in [9.17, 15) is 4.39 Å². The van der Waals surface area contributed by atoms with Crippen molar-refractivity contribution >= 4 is 22.2 Å². The maximum absolute atomic E-state index is 13.8. The van der Waals surface area contributed by atoms with Crippen molar-refractivity contribution in [1.29, 1.82) is 0 Å². The zero-order valence-electron chi connectivity index (χ0n) is 15.7. The fraction of sp³-hybridized carbons (Fsp3) is 0.174. The number of nitrogens with one attached hydrogen (secondary N) is 1. The number of hydrogen-bond acceptors (Lipinski definition) is 5. The molecule has 0 radical (unpaired) electrons. The predicted molar refractivity (Wildman–Crippen MR) is 113 cm³/mol. The van der Waals surface area contributed by atoms with E-state index < -0.39 is 0 Å². The fourth-order valence-electron chi connectivity index (χ4n) is 3.54. The molecule has 0 fully saturated rings. The van der Waals surface area contributed by atoms with Gasteiger partial charge < -0.3 is 14.8 Å². The minimum absolute atomic E-state index is 0.156. The van der Waals surface area contributed by atoms with E-state index in [0.29, 0.717) is 19.5 Å². The molecule has 3 heterocycles. The van der Waals surface area contributed by atoms with Gasteiger partial charge in [0.15, 0.2) is 11.5 Å². The highest BCUT2D eigenvalue weighted by atomic mass is 32.1. The molecule has 1 N–H and O–H groups in total. The minimum atomic E-state index is -0.156. The van der Waals surface area contributed by atoms with Gasteiger partial charge in [0, 0.05) is 28.9 Å². The van der Waals surface area contributed by atoms with Gasteiger partial charge in [-0.2, -0.15) is 11.3 Å². The van der Waals surface area contributed by atoms with Gasteiger partial charge in [-0.3, -0.25) is 0 Å². The summed E-state index contributed by atoms with van der Waals surface area (Å²) in [5, 5.41) is 8.60. The van der Waals surface area contributed by atoms with E-state index in [4.69, 9.17) is 14.5 Å². The van der Waals surface area contributed by atoms with Crippen LogP contribution in [0, 0.1) is 5.82 Å². The molecule has 5 rings (SSSR count). The van der Waals surface area contributed by atoms with Gasteiger partial charge in [0.05, 0.1) is 11.2 Å². The Balaban J connectivity index is 1.41. The van der Waals surface area contributed by atoms with E-state index in [2.05, 4.69) is 28.2 Å². The number of pyridine rings is 1. The van der Waals surface area contributed by atoms with Gasteiger partial charge in [-0.05, 0) is 53.7 Å². The van der Waals surface area contributed by atoms with Crippen molar-refractivity contribution < 1.29 is 13.9 Å². The van der Waals surface area contributed by atoms with E-state index in [-0.39, 0.29) is 12.6 Å². The highest BCUT2D eigenvalue weighted by Gasteiger charge is 2.17. The lowest BCUT2D eigenvalue weighted by atomic mass is 10.0. The monoisotopic (exact) mass is 406 g/mol. The topological polar surface area (TPSA) is 43.4 Å². The second kappa shape index (κ2) is 7.81. The van der Waals surface area contributed by atoms with Crippen molar-refractivity contribution in [2.75, 3.05) is 13.3 Å². The van der Waals surface area contributed by atoms with Crippen LogP contribution in [0.15, 0.2) is 59.3 Å². The average molecular weight is 406 g/mol. The Morgan fingerprint density at radius 2 is 1.90 bits per heavy atom. The first-order chi connectivity index (χ1) is 14.3. The molecule has 0 aliphatic carbocycles. The molecule has 0 bridgehead atoms. The molecule has 2 aromatic carbocycles. The van der Waals surface area contributed by atoms with E-state index >= 15 is 0 Å². The number of aromatic nitrogens is 1. The molecule has 146 valence electrons. The van der Waals surface area contributed by atoms with Crippen molar-refractivity contribution in [3.8, 4) is 22.8 Å². The Morgan fingerprint density at radius 3 is 2.72 bits per heavy atom. The highest BCUT2D eigenvalue weighted by molar-refractivity contribution is 7.08. The highest BCUT2D eigenvalue weighted by Crippen LogP contribution is 2.37. The second-order valence-corrected chi connectivity index (χ2v) is 7.70. The summed E-state index contributed by atoms with van der Waals surface area (Å²) < 4.78 is 24.8. The third kappa shape index (κ3) is 3.69. The molecule has 4 aromatic rings. The normalized spacial score (nSPS) is 12.6. The summed E-state index contributed by atoms with van der Waals surface area (Å²) in [4.78, 5) is 4.92. The summed E-state index contributed by atoms with van der Waals surface area (Å²) in [6, 6.07) is 15.0. The summed E-state index contributed by atoms with van der Waals surface area (Å²) in [6.45, 7) is 1.58. The Kier molecular flexibility index (Phi) is 4.87. The first kappa shape index (κ1) is 18.1. The lowest BCUT2D eigenvalue weighted by Crippen LogP contribution is -2.18. The van der Waals surface area contributed by atoms with Crippen LogP contribution in [0.25, 0.3) is 22.2 Å². The number of ether oxygens (including phenoxy) is 2. The van der Waals surface area contributed by atoms with E-state index in [1.54, 1.807) is 17.4 Å². The quantitative estimate of drug-likeness (QED) is 0.449. The van der Waals surface area contributed by atoms with E-state index in [1.165, 1.54) is 6.07 Å². The summed E-state index contributed by atoms with van der Waals surface area (Å²) in [6.07, 6.45) is 0.639. The van der Waals surface area contributed by atoms with Crippen molar-refractivity contribution in [3.63, 3.8) is 0 Å². The van der Waals surface area contributed by atoms with Crippen LogP contribution in [-0.4, -0.2) is 18.3 Å². The van der Waals surface area contributed by atoms with Crippen LogP contribution in [0.2, 0.25) is 0 Å².